The standard InChI is InChI=1S/C25H42N2O8.C2H6/c1-14(12-17-8-9-19(28)20(29)13-17)16(3)34-24(32)18-6-4-5-11-27(18)23(31)22(30)25(33)15(2)7-10-21(26)35-25;1-2/h14-21,28-29,33H,4-13,26H2,1-3H3;1-2H3. The fourth-order valence-corrected chi connectivity index (χ4v) is 5.52. The largest absolute Gasteiger partial charge is 0.461 e. The average Bonchev–Trinajstić information content (AvgIpc) is 2.88. The van der Waals surface area contributed by atoms with Crippen molar-refractivity contribution in [2.24, 2.45) is 23.5 Å². The van der Waals surface area contributed by atoms with Gasteiger partial charge < -0.3 is 35.4 Å². The molecule has 37 heavy (non-hydrogen) atoms. The molecule has 0 radical (unpaired) electrons. The molecule has 10 heteroatoms. The van der Waals surface area contributed by atoms with Crippen molar-refractivity contribution in [1.82, 2.24) is 4.90 Å². The maximum Gasteiger partial charge on any atom is 0.329 e. The summed E-state index contributed by atoms with van der Waals surface area (Å²) >= 11 is 0. The number of hydrogen-bond donors (Lipinski definition) is 4. The Morgan fingerprint density at radius 1 is 1.05 bits per heavy atom. The highest BCUT2D eigenvalue weighted by molar-refractivity contribution is 6.39. The van der Waals surface area contributed by atoms with Gasteiger partial charge in [0.25, 0.3) is 11.7 Å². The Hall–Kier alpha value is -1.59. The lowest BCUT2D eigenvalue weighted by Crippen LogP contribution is -2.61. The zero-order chi connectivity index (χ0) is 27.9. The minimum atomic E-state index is -2.30. The second-order valence-corrected chi connectivity index (χ2v) is 10.8. The molecule has 2 saturated heterocycles. The number of likely N-dealkylation sites (tertiary alicyclic amines) is 1. The van der Waals surface area contributed by atoms with E-state index in [-0.39, 0.29) is 18.4 Å². The SMILES string of the molecule is CC.CC(CC1CCC(O)C(O)C1)C(C)OC(=O)C1CCCCN1C(=O)C(=O)C1(O)OC(N)CCC1C. The number of aliphatic hydroxyl groups is 3. The van der Waals surface area contributed by atoms with E-state index in [4.69, 9.17) is 15.2 Å². The number of hydrogen-bond acceptors (Lipinski definition) is 9. The molecule has 1 saturated carbocycles. The second kappa shape index (κ2) is 14.0. The van der Waals surface area contributed by atoms with Gasteiger partial charge in [0.15, 0.2) is 0 Å². The molecule has 0 aromatic rings. The Morgan fingerprint density at radius 2 is 1.73 bits per heavy atom. The van der Waals surface area contributed by atoms with Gasteiger partial charge in [-0.1, -0.05) is 27.7 Å². The average molecular weight is 529 g/mol. The van der Waals surface area contributed by atoms with Crippen molar-refractivity contribution in [2.75, 3.05) is 6.54 Å². The molecule has 3 aliphatic rings. The quantitative estimate of drug-likeness (QED) is 0.286. The van der Waals surface area contributed by atoms with Crippen molar-refractivity contribution in [2.45, 2.75) is 129 Å². The van der Waals surface area contributed by atoms with Crippen LogP contribution in [0.2, 0.25) is 0 Å². The second-order valence-electron chi connectivity index (χ2n) is 10.8. The first-order valence-electron chi connectivity index (χ1n) is 14.0. The number of amides is 1. The van der Waals surface area contributed by atoms with Crippen LogP contribution in [0.4, 0.5) is 0 Å². The topological polar surface area (TPSA) is 160 Å². The fourth-order valence-electron chi connectivity index (χ4n) is 5.52. The van der Waals surface area contributed by atoms with Gasteiger partial charge in [-0.15, -0.1) is 0 Å². The predicted octanol–water partition coefficient (Wildman–Crippen LogP) is 1.86. The number of rotatable bonds is 7. The van der Waals surface area contributed by atoms with Crippen LogP contribution in [-0.2, 0) is 23.9 Å². The van der Waals surface area contributed by atoms with Crippen molar-refractivity contribution >= 4 is 17.7 Å². The number of Topliss-reactive ketones (excluding diaryl/α,β-unsaturated/α-hetero) is 1. The molecule has 2 heterocycles. The van der Waals surface area contributed by atoms with E-state index < -0.39 is 59.9 Å². The number of ketones is 1. The molecular formula is C27H48N2O8. The van der Waals surface area contributed by atoms with Gasteiger partial charge in [-0.05, 0) is 76.5 Å². The smallest absolute Gasteiger partial charge is 0.329 e. The van der Waals surface area contributed by atoms with Gasteiger partial charge in [0, 0.05) is 12.5 Å². The zero-order valence-electron chi connectivity index (χ0n) is 23.1. The highest BCUT2D eigenvalue weighted by Crippen LogP contribution is 2.34. The molecule has 3 rings (SSSR count). The molecule has 0 aromatic carbocycles. The third kappa shape index (κ3) is 7.72. The molecule has 1 amide bonds. The summed E-state index contributed by atoms with van der Waals surface area (Å²) in [5.74, 6) is -5.27. The zero-order valence-corrected chi connectivity index (χ0v) is 23.1. The number of carbonyl (C=O) groups excluding carboxylic acids is 3. The van der Waals surface area contributed by atoms with E-state index in [1.807, 2.05) is 20.8 Å². The van der Waals surface area contributed by atoms with Gasteiger partial charge in [0.1, 0.15) is 18.4 Å². The first kappa shape index (κ1) is 31.6. The molecule has 10 nitrogen and oxygen atoms in total. The highest BCUT2D eigenvalue weighted by Gasteiger charge is 2.52. The number of carbonyl (C=O) groups is 3. The predicted molar refractivity (Wildman–Crippen MR) is 137 cm³/mol. The summed E-state index contributed by atoms with van der Waals surface area (Å²) in [4.78, 5) is 40.5. The Bertz CT molecular complexity index is 780. The monoisotopic (exact) mass is 528 g/mol. The summed E-state index contributed by atoms with van der Waals surface area (Å²) in [7, 11) is 0. The number of aliphatic hydroxyl groups excluding tert-OH is 2. The summed E-state index contributed by atoms with van der Waals surface area (Å²) in [6.07, 6.45) is 2.60. The lowest BCUT2D eigenvalue weighted by atomic mass is 9.79. The first-order valence-corrected chi connectivity index (χ1v) is 14.0. The number of piperidine rings is 1. The van der Waals surface area contributed by atoms with Crippen molar-refractivity contribution in [3.8, 4) is 0 Å². The molecule has 0 spiro atoms. The van der Waals surface area contributed by atoms with Crippen LogP contribution in [0.15, 0.2) is 0 Å². The fraction of sp³-hybridized carbons (Fsp3) is 0.889. The molecule has 5 N–H and O–H groups in total. The molecule has 0 bridgehead atoms. The van der Waals surface area contributed by atoms with Crippen LogP contribution in [-0.4, -0.2) is 80.8 Å². The normalized spacial score (nSPS) is 36.0. The maximum absolute atomic E-state index is 13.2. The molecule has 9 atom stereocenters. The van der Waals surface area contributed by atoms with E-state index in [1.165, 1.54) is 4.90 Å². The summed E-state index contributed by atoms with van der Waals surface area (Å²) in [6, 6.07) is -0.905. The maximum atomic E-state index is 13.2. The highest BCUT2D eigenvalue weighted by atomic mass is 16.6. The van der Waals surface area contributed by atoms with Crippen LogP contribution in [0.1, 0.15) is 92.4 Å². The molecule has 9 unspecified atom stereocenters. The van der Waals surface area contributed by atoms with Crippen LogP contribution in [0.5, 0.6) is 0 Å². The van der Waals surface area contributed by atoms with Crippen molar-refractivity contribution in [1.29, 1.82) is 0 Å². The number of ether oxygens (including phenoxy) is 2. The van der Waals surface area contributed by atoms with E-state index in [2.05, 4.69) is 0 Å². The van der Waals surface area contributed by atoms with Crippen LogP contribution in [0.25, 0.3) is 0 Å². The van der Waals surface area contributed by atoms with Crippen LogP contribution in [0.3, 0.4) is 0 Å². The molecule has 3 fully saturated rings. The van der Waals surface area contributed by atoms with E-state index in [0.717, 1.165) is 12.8 Å². The van der Waals surface area contributed by atoms with Gasteiger partial charge in [-0.3, -0.25) is 9.59 Å². The van der Waals surface area contributed by atoms with E-state index in [1.54, 1.807) is 13.8 Å². The molecule has 1 aliphatic carbocycles. The van der Waals surface area contributed by atoms with E-state index in [9.17, 15) is 29.7 Å². The molecule has 2 aliphatic heterocycles. The van der Waals surface area contributed by atoms with Crippen molar-refractivity contribution in [3.63, 3.8) is 0 Å². The van der Waals surface area contributed by atoms with Crippen LogP contribution in [0, 0.1) is 17.8 Å². The third-order valence-corrected chi connectivity index (χ3v) is 8.14. The molecular weight excluding hydrogens is 480 g/mol. The van der Waals surface area contributed by atoms with Gasteiger partial charge in [-0.2, -0.15) is 0 Å². The first-order chi connectivity index (χ1) is 17.4. The number of nitrogens with zero attached hydrogens (tertiary/aromatic N) is 1. The van der Waals surface area contributed by atoms with Crippen molar-refractivity contribution < 1.29 is 39.2 Å². The van der Waals surface area contributed by atoms with E-state index >= 15 is 0 Å². The van der Waals surface area contributed by atoms with Crippen LogP contribution >= 0.6 is 0 Å². The molecule has 0 aromatic heterocycles. The Balaban J connectivity index is 0.00000235. The number of esters is 1. The Labute approximate surface area is 220 Å². The van der Waals surface area contributed by atoms with Gasteiger partial charge in [0.2, 0.25) is 5.79 Å². The summed E-state index contributed by atoms with van der Waals surface area (Å²) in [5, 5.41) is 30.5. The lowest BCUT2D eigenvalue weighted by molar-refractivity contribution is -0.261. The molecule has 214 valence electrons. The summed E-state index contributed by atoms with van der Waals surface area (Å²) in [6.45, 7) is 9.63. The Kier molecular flexibility index (Phi) is 12.0. The summed E-state index contributed by atoms with van der Waals surface area (Å²) < 4.78 is 11.1. The Morgan fingerprint density at radius 3 is 2.38 bits per heavy atom. The minimum Gasteiger partial charge on any atom is -0.461 e. The van der Waals surface area contributed by atoms with Gasteiger partial charge in [-0.25, -0.2) is 4.79 Å². The number of nitrogens with two attached hydrogens (primary N) is 1. The van der Waals surface area contributed by atoms with Crippen LogP contribution < -0.4 is 5.73 Å². The third-order valence-electron chi connectivity index (χ3n) is 8.14. The summed E-state index contributed by atoms with van der Waals surface area (Å²) in [5.41, 5.74) is 5.77. The van der Waals surface area contributed by atoms with Crippen molar-refractivity contribution in [3.05, 3.63) is 0 Å². The minimum absolute atomic E-state index is 0.0134. The van der Waals surface area contributed by atoms with Gasteiger partial charge >= 0.3 is 5.97 Å². The van der Waals surface area contributed by atoms with Gasteiger partial charge in [0.05, 0.1) is 12.2 Å². The van der Waals surface area contributed by atoms with E-state index in [0.29, 0.717) is 44.9 Å². The lowest BCUT2D eigenvalue weighted by Gasteiger charge is -2.41.